The van der Waals surface area contributed by atoms with Gasteiger partial charge in [-0.25, -0.2) is 0 Å². The Morgan fingerprint density at radius 2 is 2.33 bits per heavy atom. The third kappa shape index (κ3) is 2.70. The molecule has 70 valence electrons. The molecule has 0 aromatic rings. The Labute approximate surface area is 73.0 Å². The van der Waals surface area contributed by atoms with Gasteiger partial charge in [0, 0.05) is 6.54 Å². The van der Waals surface area contributed by atoms with Crippen molar-refractivity contribution in [1.82, 2.24) is 4.90 Å². The van der Waals surface area contributed by atoms with E-state index in [9.17, 15) is 0 Å². The lowest BCUT2D eigenvalue weighted by Crippen LogP contribution is -2.32. The third-order valence-electron chi connectivity index (χ3n) is 2.38. The van der Waals surface area contributed by atoms with Gasteiger partial charge in [0.25, 0.3) is 0 Å². The summed E-state index contributed by atoms with van der Waals surface area (Å²) in [6.07, 6.45) is 1.32. The molecule has 1 fully saturated rings. The molecule has 2 atom stereocenters. The monoisotopic (exact) mass is 171 g/mol. The first kappa shape index (κ1) is 9.32. The molecule has 0 aromatic heterocycles. The molecule has 0 aromatic carbocycles. The average Bonchev–Trinajstić information content (AvgIpc) is 2.66. The fourth-order valence-corrected chi connectivity index (χ4v) is 1.43. The van der Waals surface area contributed by atoms with Gasteiger partial charge in [0.1, 0.15) is 0 Å². The summed E-state index contributed by atoms with van der Waals surface area (Å²) in [4.78, 5) is 2.09. The quantitative estimate of drug-likeness (QED) is 0.277. The summed E-state index contributed by atoms with van der Waals surface area (Å²) in [5, 5.41) is 11.2. The van der Waals surface area contributed by atoms with E-state index in [2.05, 4.69) is 17.0 Å². The highest BCUT2D eigenvalue weighted by Crippen LogP contribution is 2.37. The Kier molecular flexibility index (Phi) is 2.92. The molecule has 12 heavy (non-hydrogen) atoms. The van der Waals surface area contributed by atoms with Crippen molar-refractivity contribution in [2.75, 3.05) is 20.1 Å². The summed E-state index contributed by atoms with van der Waals surface area (Å²) in [5.74, 6) is 1.96. The highest BCUT2D eigenvalue weighted by atomic mass is 16.4. The van der Waals surface area contributed by atoms with E-state index < -0.39 is 0 Å². The molecule has 2 unspecified atom stereocenters. The number of hydrogen-bond donors (Lipinski definition) is 2. The first-order valence-corrected chi connectivity index (χ1v) is 4.28. The first-order chi connectivity index (χ1) is 5.63. The molecule has 0 aliphatic heterocycles. The van der Waals surface area contributed by atoms with Crippen LogP contribution in [-0.2, 0) is 0 Å². The topological polar surface area (TPSA) is 61.8 Å². The van der Waals surface area contributed by atoms with Crippen molar-refractivity contribution in [2.24, 2.45) is 22.7 Å². The first-order valence-electron chi connectivity index (χ1n) is 4.28. The van der Waals surface area contributed by atoms with Crippen LogP contribution >= 0.6 is 0 Å². The molecule has 4 heteroatoms. The van der Waals surface area contributed by atoms with E-state index in [-0.39, 0.29) is 5.84 Å². The zero-order valence-corrected chi connectivity index (χ0v) is 7.70. The van der Waals surface area contributed by atoms with Crippen LogP contribution in [0.3, 0.4) is 0 Å². The van der Waals surface area contributed by atoms with Crippen LogP contribution in [0, 0.1) is 11.8 Å². The number of amidine groups is 1. The van der Waals surface area contributed by atoms with Gasteiger partial charge in [-0.3, -0.25) is 4.90 Å². The molecule has 4 nitrogen and oxygen atoms in total. The Morgan fingerprint density at radius 3 is 2.75 bits per heavy atom. The minimum atomic E-state index is 0.283. The van der Waals surface area contributed by atoms with Crippen molar-refractivity contribution in [3.8, 4) is 0 Å². The molecular weight excluding hydrogens is 154 g/mol. The molecule has 0 saturated heterocycles. The molecular formula is C8H17N3O. The van der Waals surface area contributed by atoms with Crippen molar-refractivity contribution >= 4 is 5.84 Å². The fourth-order valence-electron chi connectivity index (χ4n) is 1.43. The van der Waals surface area contributed by atoms with E-state index in [0.717, 1.165) is 18.4 Å². The van der Waals surface area contributed by atoms with Gasteiger partial charge in [-0.2, -0.15) is 0 Å². The summed E-state index contributed by atoms with van der Waals surface area (Å²) >= 11 is 0. The molecule has 1 saturated carbocycles. The summed E-state index contributed by atoms with van der Waals surface area (Å²) in [7, 11) is 1.99. The van der Waals surface area contributed by atoms with Gasteiger partial charge >= 0.3 is 0 Å². The van der Waals surface area contributed by atoms with E-state index in [1.165, 1.54) is 6.42 Å². The Hall–Kier alpha value is -0.770. The van der Waals surface area contributed by atoms with Crippen LogP contribution in [0.4, 0.5) is 0 Å². The Bertz CT molecular complexity index is 181. The third-order valence-corrected chi connectivity index (χ3v) is 2.38. The van der Waals surface area contributed by atoms with Crippen molar-refractivity contribution in [2.45, 2.75) is 13.3 Å². The molecule has 0 amide bonds. The number of nitrogens with zero attached hydrogens (tertiary/aromatic N) is 2. The van der Waals surface area contributed by atoms with Gasteiger partial charge < -0.3 is 10.9 Å². The predicted molar refractivity (Wildman–Crippen MR) is 48.2 cm³/mol. The second kappa shape index (κ2) is 3.76. The van der Waals surface area contributed by atoms with Crippen LogP contribution in [0.25, 0.3) is 0 Å². The van der Waals surface area contributed by atoms with Gasteiger partial charge in [0.2, 0.25) is 0 Å². The zero-order valence-electron chi connectivity index (χ0n) is 7.70. The molecule has 0 bridgehead atoms. The molecule has 0 spiro atoms. The number of rotatable bonds is 4. The second-order valence-electron chi connectivity index (χ2n) is 3.76. The Morgan fingerprint density at radius 1 is 1.75 bits per heavy atom. The SMILES string of the molecule is CC1CC1CN(C)CC(N)=NO. The number of likely N-dealkylation sites (N-methyl/N-ethyl adjacent to an activating group) is 1. The fraction of sp³-hybridized carbons (Fsp3) is 0.875. The van der Waals surface area contributed by atoms with E-state index in [1.807, 2.05) is 7.05 Å². The van der Waals surface area contributed by atoms with Gasteiger partial charge in [-0.15, -0.1) is 0 Å². The summed E-state index contributed by atoms with van der Waals surface area (Å²) in [5.41, 5.74) is 5.36. The predicted octanol–water partition coefficient (Wildman–Crippen LogP) is 0.321. The molecule has 3 N–H and O–H groups in total. The van der Waals surface area contributed by atoms with E-state index >= 15 is 0 Å². The van der Waals surface area contributed by atoms with Crippen molar-refractivity contribution in [1.29, 1.82) is 0 Å². The smallest absolute Gasteiger partial charge is 0.153 e. The minimum Gasteiger partial charge on any atom is -0.409 e. The Balaban J connectivity index is 2.16. The maximum atomic E-state index is 8.32. The van der Waals surface area contributed by atoms with E-state index in [4.69, 9.17) is 10.9 Å². The van der Waals surface area contributed by atoms with Gasteiger partial charge in [-0.05, 0) is 25.3 Å². The minimum absolute atomic E-state index is 0.283. The maximum Gasteiger partial charge on any atom is 0.153 e. The van der Waals surface area contributed by atoms with E-state index in [0.29, 0.717) is 6.54 Å². The van der Waals surface area contributed by atoms with Crippen LogP contribution in [0.15, 0.2) is 5.16 Å². The highest BCUT2D eigenvalue weighted by molar-refractivity contribution is 5.81. The maximum absolute atomic E-state index is 8.32. The molecule has 1 aliphatic carbocycles. The van der Waals surface area contributed by atoms with Crippen molar-refractivity contribution in [3.05, 3.63) is 0 Å². The summed E-state index contributed by atoms with van der Waals surface area (Å²) in [6.45, 7) is 3.86. The summed E-state index contributed by atoms with van der Waals surface area (Å²) in [6, 6.07) is 0. The lowest BCUT2D eigenvalue weighted by molar-refractivity contribution is 0.306. The van der Waals surface area contributed by atoms with Crippen molar-refractivity contribution in [3.63, 3.8) is 0 Å². The second-order valence-corrected chi connectivity index (χ2v) is 3.76. The van der Waals surface area contributed by atoms with Crippen molar-refractivity contribution < 1.29 is 5.21 Å². The lowest BCUT2D eigenvalue weighted by Gasteiger charge is -2.14. The lowest BCUT2D eigenvalue weighted by atomic mass is 10.3. The highest BCUT2D eigenvalue weighted by Gasteiger charge is 2.33. The number of hydrogen-bond acceptors (Lipinski definition) is 3. The molecule has 1 aliphatic rings. The zero-order chi connectivity index (χ0) is 9.14. The molecule has 0 heterocycles. The van der Waals surface area contributed by atoms with Crippen LogP contribution < -0.4 is 5.73 Å². The number of oxime groups is 1. The standard InChI is InChI=1S/C8H17N3O/c1-6-3-7(6)4-11(2)5-8(9)10-12/h6-7,12H,3-5H2,1-2H3,(H2,9,10). The van der Waals surface area contributed by atoms with Crippen LogP contribution in [0.5, 0.6) is 0 Å². The van der Waals surface area contributed by atoms with Crippen LogP contribution in [0.2, 0.25) is 0 Å². The molecule has 0 radical (unpaired) electrons. The molecule has 1 rings (SSSR count). The largest absolute Gasteiger partial charge is 0.409 e. The number of nitrogens with two attached hydrogens (primary N) is 1. The average molecular weight is 171 g/mol. The van der Waals surface area contributed by atoms with E-state index in [1.54, 1.807) is 0 Å². The van der Waals surface area contributed by atoms with Crippen LogP contribution in [0.1, 0.15) is 13.3 Å². The van der Waals surface area contributed by atoms with Gasteiger partial charge in [-0.1, -0.05) is 12.1 Å². The van der Waals surface area contributed by atoms with Crippen LogP contribution in [-0.4, -0.2) is 36.1 Å². The summed E-state index contributed by atoms with van der Waals surface area (Å²) < 4.78 is 0. The van der Waals surface area contributed by atoms with Gasteiger partial charge in [0.05, 0.1) is 6.54 Å². The normalized spacial score (nSPS) is 29.4. The van der Waals surface area contributed by atoms with Gasteiger partial charge in [0.15, 0.2) is 5.84 Å².